The molecule has 0 bridgehead atoms. The maximum absolute atomic E-state index is 12.7. The first-order chi connectivity index (χ1) is 16.1. The number of likely N-dealkylation sites (tertiary alicyclic amines) is 1. The van der Waals surface area contributed by atoms with Gasteiger partial charge in [0.05, 0.1) is 17.8 Å². The van der Waals surface area contributed by atoms with E-state index < -0.39 is 16.6 Å². The van der Waals surface area contributed by atoms with Gasteiger partial charge in [-0.1, -0.05) is 30.7 Å². The lowest BCUT2D eigenvalue weighted by atomic mass is 9.99. The van der Waals surface area contributed by atoms with Crippen molar-refractivity contribution < 1.29 is 8.63 Å². The third-order valence-electron chi connectivity index (χ3n) is 6.28. The van der Waals surface area contributed by atoms with Crippen LogP contribution >= 0.6 is 0 Å². The smallest absolute Gasteiger partial charge is 0.408 e. The number of benzene rings is 2. The van der Waals surface area contributed by atoms with Gasteiger partial charge in [0, 0.05) is 34.7 Å². The standard InChI is InChI=1S/C26H27N3O3S/c1-33(31)22-9-10-24-25(16-22)32-26(30)29(24)17-20-7-3-4-8-23(20)19-11-12-27-21(15-19)18-28-13-5-2-6-14-28/h3-4,7-12,15-16H,2,5-6,13-14,17-18H2,1H3. The zero-order chi connectivity index (χ0) is 22.8. The average molecular weight is 462 g/mol. The summed E-state index contributed by atoms with van der Waals surface area (Å²) in [7, 11) is -1.13. The Morgan fingerprint density at radius 2 is 1.82 bits per heavy atom. The number of nitrogens with zero attached hydrogens (tertiary/aromatic N) is 3. The number of rotatable bonds is 6. The fraction of sp³-hybridized carbons (Fsp3) is 0.308. The van der Waals surface area contributed by atoms with Gasteiger partial charge in [-0.15, -0.1) is 0 Å². The van der Waals surface area contributed by atoms with Crippen molar-refractivity contribution in [2.45, 2.75) is 37.2 Å². The lowest BCUT2D eigenvalue weighted by Gasteiger charge is -2.26. The Morgan fingerprint density at radius 3 is 2.64 bits per heavy atom. The molecule has 170 valence electrons. The lowest BCUT2D eigenvalue weighted by Crippen LogP contribution is -2.29. The van der Waals surface area contributed by atoms with E-state index in [1.807, 2.05) is 36.5 Å². The monoisotopic (exact) mass is 461 g/mol. The number of pyridine rings is 1. The molecule has 0 N–H and O–H groups in total. The van der Waals surface area contributed by atoms with E-state index in [0.29, 0.717) is 22.5 Å². The minimum Gasteiger partial charge on any atom is -0.408 e. The molecule has 1 aliphatic rings. The largest absolute Gasteiger partial charge is 0.420 e. The first kappa shape index (κ1) is 21.8. The number of oxazole rings is 1. The van der Waals surface area contributed by atoms with Crippen molar-refractivity contribution in [2.75, 3.05) is 19.3 Å². The number of fused-ring (bicyclic) bond motifs is 1. The van der Waals surface area contributed by atoms with Crippen molar-refractivity contribution in [1.82, 2.24) is 14.5 Å². The Bertz CT molecular complexity index is 1370. The highest BCUT2D eigenvalue weighted by Crippen LogP contribution is 2.26. The van der Waals surface area contributed by atoms with Crippen molar-refractivity contribution in [3.05, 3.63) is 82.6 Å². The maximum Gasteiger partial charge on any atom is 0.420 e. The average Bonchev–Trinajstić information content (AvgIpc) is 3.14. The van der Waals surface area contributed by atoms with Crippen molar-refractivity contribution in [3.63, 3.8) is 0 Å². The molecule has 0 aliphatic carbocycles. The first-order valence-electron chi connectivity index (χ1n) is 11.3. The molecule has 2 aromatic carbocycles. The molecule has 3 heterocycles. The summed E-state index contributed by atoms with van der Waals surface area (Å²) in [5.41, 5.74) is 5.42. The topological polar surface area (TPSA) is 68.3 Å². The van der Waals surface area contributed by atoms with Gasteiger partial charge in [0.25, 0.3) is 0 Å². The van der Waals surface area contributed by atoms with E-state index in [9.17, 15) is 9.00 Å². The number of hydrogen-bond acceptors (Lipinski definition) is 5. The van der Waals surface area contributed by atoms with Crippen LogP contribution in [0.5, 0.6) is 0 Å². The van der Waals surface area contributed by atoms with E-state index in [4.69, 9.17) is 4.42 Å². The highest BCUT2D eigenvalue weighted by Gasteiger charge is 2.15. The van der Waals surface area contributed by atoms with Crippen LogP contribution in [-0.4, -0.2) is 38.0 Å². The van der Waals surface area contributed by atoms with E-state index in [-0.39, 0.29) is 0 Å². The van der Waals surface area contributed by atoms with Gasteiger partial charge in [-0.2, -0.15) is 0 Å². The van der Waals surface area contributed by atoms with Crippen LogP contribution in [-0.2, 0) is 23.9 Å². The quantitative estimate of drug-likeness (QED) is 0.425. The normalized spacial score (nSPS) is 15.7. The molecule has 0 amide bonds. The fourth-order valence-corrected chi connectivity index (χ4v) is 5.10. The third-order valence-corrected chi connectivity index (χ3v) is 7.20. The molecule has 6 nitrogen and oxygen atoms in total. The van der Waals surface area contributed by atoms with Crippen LogP contribution < -0.4 is 5.76 Å². The molecular formula is C26H27N3O3S. The summed E-state index contributed by atoms with van der Waals surface area (Å²) in [5.74, 6) is -0.417. The molecule has 1 unspecified atom stereocenters. The summed E-state index contributed by atoms with van der Waals surface area (Å²) in [4.78, 5) is 20.4. The Labute approximate surface area is 195 Å². The van der Waals surface area contributed by atoms with E-state index in [1.54, 1.807) is 23.0 Å². The molecule has 33 heavy (non-hydrogen) atoms. The van der Waals surface area contributed by atoms with Gasteiger partial charge in [0.1, 0.15) is 0 Å². The number of aromatic nitrogens is 2. The van der Waals surface area contributed by atoms with E-state index in [2.05, 4.69) is 22.0 Å². The zero-order valence-corrected chi connectivity index (χ0v) is 19.5. The SMILES string of the molecule is CS(=O)c1ccc2c(c1)oc(=O)n2Cc1ccccc1-c1ccnc(CN2CCCCC2)c1. The molecule has 5 rings (SSSR count). The molecule has 0 saturated carbocycles. The van der Waals surface area contributed by atoms with Gasteiger partial charge in [0.2, 0.25) is 0 Å². The van der Waals surface area contributed by atoms with E-state index in [0.717, 1.165) is 42.0 Å². The summed E-state index contributed by atoms with van der Waals surface area (Å²) < 4.78 is 18.9. The minimum absolute atomic E-state index is 0.389. The minimum atomic E-state index is -1.13. The molecule has 4 aromatic rings. The predicted octanol–water partition coefficient (Wildman–Crippen LogP) is 4.43. The summed E-state index contributed by atoms with van der Waals surface area (Å²) in [6.45, 7) is 3.52. The molecule has 1 saturated heterocycles. The van der Waals surface area contributed by atoms with Crippen LogP contribution in [0.15, 0.2) is 74.9 Å². The number of hydrogen-bond donors (Lipinski definition) is 0. The second-order valence-electron chi connectivity index (χ2n) is 8.57. The molecule has 0 spiro atoms. The van der Waals surface area contributed by atoms with Crippen LogP contribution in [0.2, 0.25) is 0 Å². The van der Waals surface area contributed by atoms with Crippen molar-refractivity contribution in [3.8, 4) is 11.1 Å². The van der Waals surface area contributed by atoms with Gasteiger partial charge in [0.15, 0.2) is 5.58 Å². The Kier molecular flexibility index (Phi) is 6.24. The van der Waals surface area contributed by atoms with Crippen molar-refractivity contribution in [2.24, 2.45) is 0 Å². The van der Waals surface area contributed by atoms with Crippen LogP contribution in [0, 0.1) is 0 Å². The lowest BCUT2D eigenvalue weighted by molar-refractivity contribution is 0.218. The molecule has 1 fully saturated rings. The third kappa shape index (κ3) is 4.70. The molecule has 1 atom stereocenters. The maximum atomic E-state index is 12.7. The van der Waals surface area contributed by atoms with Gasteiger partial charge in [-0.05, 0) is 73.0 Å². The van der Waals surface area contributed by atoms with Crippen molar-refractivity contribution >= 4 is 21.9 Å². The summed E-state index contributed by atoms with van der Waals surface area (Å²) >= 11 is 0. The van der Waals surface area contributed by atoms with Crippen LogP contribution in [0.4, 0.5) is 0 Å². The predicted molar refractivity (Wildman–Crippen MR) is 131 cm³/mol. The first-order valence-corrected chi connectivity index (χ1v) is 12.9. The molecular weight excluding hydrogens is 434 g/mol. The second kappa shape index (κ2) is 9.45. The van der Waals surface area contributed by atoms with Crippen LogP contribution in [0.25, 0.3) is 22.2 Å². The summed E-state index contributed by atoms with van der Waals surface area (Å²) in [6, 6.07) is 17.6. The molecule has 2 aromatic heterocycles. The highest BCUT2D eigenvalue weighted by atomic mass is 32.2. The molecule has 7 heteroatoms. The van der Waals surface area contributed by atoms with Gasteiger partial charge in [-0.3, -0.25) is 18.7 Å². The Hall–Kier alpha value is -3.03. The summed E-state index contributed by atoms with van der Waals surface area (Å²) in [5, 5.41) is 0. The fourth-order valence-electron chi connectivity index (χ4n) is 4.56. The van der Waals surface area contributed by atoms with Crippen molar-refractivity contribution in [1.29, 1.82) is 0 Å². The van der Waals surface area contributed by atoms with Gasteiger partial charge < -0.3 is 4.42 Å². The van der Waals surface area contributed by atoms with Crippen LogP contribution in [0.3, 0.4) is 0 Å². The van der Waals surface area contributed by atoms with E-state index in [1.165, 1.54) is 19.3 Å². The molecule has 0 radical (unpaired) electrons. The van der Waals surface area contributed by atoms with Gasteiger partial charge >= 0.3 is 5.76 Å². The van der Waals surface area contributed by atoms with Gasteiger partial charge in [-0.25, -0.2) is 4.79 Å². The van der Waals surface area contributed by atoms with E-state index >= 15 is 0 Å². The highest BCUT2D eigenvalue weighted by molar-refractivity contribution is 7.84. The second-order valence-corrected chi connectivity index (χ2v) is 9.95. The zero-order valence-electron chi connectivity index (χ0n) is 18.7. The molecule has 1 aliphatic heterocycles. The van der Waals surface area contributed by atoms with Crippen LogP contribution in [0.1, 0.15) is 30.5 Å². The Balaban J connectivity index is 1.47. The number of piperidine rings is 1. The summed E-state index contributed by atoms with van der Waals surface area (Å²) in [6.07, 6.45) is 7.31. The Morgan fingerprint density at radius 1 is 1.00 bits per heavy atom.